The van der Waals surface area contributed by atoms with Crippen LogP contribution in [0.2, 0.25) is 0 Å². The van der Waals surface area contributed by atoms with Crippen LogP contribution in [0, 0.1) is 5.82 Å². The second kappa shape index (κ2) is 5.38. The highest BCUT2D eigenvalue weighted by Crippen LogP contribution is 2.20. The van der Waals surface area contributed by atoms with E-state index in [1.165, 1.54) is 6.07 Å². The van der Waals surface area contributed by atoms with Crippen molar-refractivity contribution in [3.05, 3.63) is 52.2 Å². The molecule has 0 saturated heterocycles. The number of hydrogen-bond acceptors (Lipinski definition) is 3. The monoisotopic (exact) mass is 250 g/mol. The van der Waals surface area contributed by atoms with Gasteiger partial charge >= 0.3 is 0 Å². The van der Waals surface area contributed by atoms with Crippen molar-refractivity contribution in [2.45, 2.75) is 25.9 Å². The largest absolute Gasteiger partial charge is 0.302 e. The molecule has 0 aliphatic heterocycles. The number of halogens is 1. The minimum Gasteiger partial charge on any atom is -0.302 e. The summed E-state index contributed by atoms with van der Waals surface area (Å²) in [5.41, 5.74) is 0.952. The number of hydrogen-bond donors (Lipinski definition) is 1. The van der Waals surface area contributed by atoms with Crippen molar-refractivity contribution in [1.29, 1.82) is 0 Å². The molecular formula is C13H15FN2S. The van der Waals surface area contributed by atoms with Crippen LogP contribution < -0.4 is 5.32 Å². The lowest BCUT2D eigenvalue weighted by Gasteiger charge is -2.18. The van der Waals surface area contributed by atoms with Crippen molar-refractivity contribution >= 4 is 11.3 Å². The Bertz CT molecular complexity index is 470. The first-order chi connectivity index (χ1) is 8.16. The zero-order valence-electron chi connectivity index (χ0n) is 9.85. The normalized spacial score (nSPS) is 14.5. The molecule has 1 aromatic heterocycles. The van der Waals surface area contributed by atoms with E-state index in [1.54, 1.807) is 29.7 Å². The predicted octanol–water partition coefficient (Wildman–Crippen LogP) is 3.69. The molecule has 1 N–H and O–H groups in total. The lowest BCUT2D eigenvalue weighted by molar-refractivity contribution is 0.490. The Morgan fingerprint density at radius 2 is 2.12 bits per heavy atom. The number of benzene rings is 1. The van der Waals surface area contributed by atoms with E-state index in [0.29, 0.717) is 0 Å². The summed E-state index contributed by atoms with van der Waals surface area (Å²) < 4.78 is 13.1. The maximum atomic E-state index is 13.1. The molecule has 0 radical (unpaired) electrons. The molecule has 0 amide bonds. The van der Waals surface area contributed by atoms with E-state index in [1.807, 2.05) is 18.4 Å². The third-order valence-corrected chi connectivity index (χ3v) is 3.63. The van der Waals surface area contributed by atoms with Crippen LogP contribution in [-0.4, -0.2) is 4.98 Å². The van der Waals surface area contributed by atoms with Crippen molar-refractivity contribution in [3.8, 4) is 0 Å². The van der Waals surface area contributed by atoms with Gasteiger partial charge in [-0.25, -0.2) is 9.37 Å². The topological polar surface area (TPSA) is 24.9 Å². The van der Waals surface area contributed by atoms with Crippen LogP contribution in [0.3, 0.4) is 0 Å². The minimum atomic E-state index is -0.196. The highest BCUT2D eigenvalue weighted by molar-refractivity contribution is 7.09. The molecule has 1 aromatic carbocycles. The summed E-state index contributed by atoms with van der Waals surface area (Å²) >= 11 is 1.62. The molecule has 1 unspecified atom stereocenters. The summed E-state index contributed by atoms with van der Waals surface area (Å²) in [6, 6.07) is 6.96. The first-order valence-electron chi connectivity index (χ1n) is 5.57. The van der Waals surface area contributed by atoms with E-state index < -0.39 is 0 Å². The van der Waals surface area contributed by atoms with Gasteiger partial charge in [0, 0.05) is 17.6 Å². The van der Waals surface area contributed by atoms with Crippen molar-refractivity contribution in [3.63, 3.8) is 0 Å². The average Bonchev–Trinajstić information content (AvgIpc) is 2.82. The van der Waals surface area contributed by atoms with Crippen molar-refractivity contribution < 1.29 is 4.39 Å². The summed E-state index contributed by atoms with van der Waals surface area (Å²) in [7, 11) is 0. The molecule has 2 nitrogen and oxygen atoms in total. The average molecular weight is 250 g/mol. The van der Waals surface area contributed by atoms with Gasteiger partial charge < -0.3 is 5.32 Å². The van der Waals surface area contributed by atoms with Gasteiger partial charge in [0.25, 0.3) is 0 Å². The maximum absolute atomic E-state index is 13.1. The fraction of sp³-hybridized carbons (Fsp3) is 0.308. The first kappa shape index (κ1) is 12.2. The SMILES string of the molecule is CC(N[C@@H](C)c1cccc(F)c1)c1nccs1. The molecule has 2 aromatic rings. The fourth-order valence-electron chi connectivity index (χ4n) is 1.77. The molecular weight excluding hydrogens is 235 g/mol. The highest BCUT2D eigenvalue weighted by Gasteiger charge is 2.13. The van der Waals surface area contributed by atoms with Crippen LogP contribution in [0.5, 0.6) is 0 Å². The van der Waals surface area contributed by atoms with Gasteiger partial charge in [-0.1, -0.05) is 12.1 Å². The van der Waals surface area contributed by atoms with Gasteiger partial charge in [-0.2, -0.15) is 0 Å². The summed E-state index contributed by atoms with van der Waals surface area (Å²) in [6.07, 6.45) is 1.80. The Labute approximate surface area is 105 Å². The molecule has 0 aliphatic carbocycles. The Hall–Kier alpha value is -1.26. The zero-order chi connectivity index (χ0) is 12.3. The molecule has 17 heavy (non-hydrogen) atoms. The van der Waals surface area contributed by atoms with Gasteiger partial charge in [0.1, 0.15) is 10.8 Å². The van der Waals surface area contributed by atoms with E-state index in [0.717, 1.165) is 10.6 Å². The van der Waals surface area contributed by atoms with Crippen molar-refractivity contribution in [2.24, 2.45) is 0 Å². The number of nitrogens with zero attached hydrogens (tertiary/aromatic N) is 1. The van der Waals surface area contributed by atoms with Crippen LogP contribution >= 0.6 is 11.3 Å². The fourth-order valence-corrected chi connectivity index (χ4v) is 2.42. The summed E-state index contributed by atoms with van der Waals surface area (Å²) in [5.74, 6) is -0.196. The summed E-state index contributed by atoms with van der Waals surface area (Å²) in [6.45, 7) is 4.09. The first-order valence-corrected chi connectivity index (χ1v) is 6.45. The van der Waals surface area contributed by atoms with E-state index in [4.69, 9.17) is 0 Å². The molecule has 4 heteroatoms. The number of aromatic nitrogens is 1. The summed E-state index contributed by atoms with van der Waals surface area (Å²) in [4.78, 5) is 4.26. The highest BCUT2D eigenvalue weighted by atomic mass is 32.1. The van der Waals surface area contributed by atoms with Gasteiger partial charge in [0.15, 0.2) is 0 Å². The van der Waals surface area contributed by atoms with Crippen LogP contribution in [0.25, 0.3) is 0 Å². The number of rotatable bonds is 4. The number of nitrogens with one attached hydrogen (secondary N) is 1. The van der Waals surface area contributed by atoms with E-state index in [9.17, 15) is 4.39 Å². The Kier molecular flexibility index (Phi) is 3.86. The third kappa shape index (κ3) is 3.11. The molecule has 0 saturated carbocycles. The third-order valence-electron chi connectivity index (χ3n) is 2.67. The quantitative estimate of drug-likeness (QED) is 0.895. The lowest BCUT2D eigenvalue weighted by atomic mass is 10.1. The molecule has 2 rings (SSSR count). The van der Waals surface area contributed by atoms with Crippen molar-refractivity contribution in [1.82, 2.24) is 10.3 Å². The molecule has 1 heterocycles. The van der Waals surface area contributed by atoms with E-state index in [2.05, 4.69) is 17.2 Å². The molecule has 2 atom stereocenters. The van der Waals surface area contributed by atoms with Crippen LogP contribution in [0.4, 0.5) is 4.39 Å². The minimum absolute atomic E-state index is 0.101. The molecule has 0 bridgehead atoms. The lowest BCUT2D eigenvalue weighted by Crippen LogP contribution is -2.22. The standard InChI is InChI=1S/C13H15FN2S/c1-9(11-4-3-5-12(14)8-11)16-10(2)13-15-6-7-17-13/h3-10,16H,1-2H3/t9-,10?/m0/s1. The second-order valence-corrected chi connectivity index (χ2v) is 4.96. The van der Waals surface area contributed by atoms with Crippen LogP contribution in [0.15, 0.2) is 35.8 Å². The van der Waals surface area contributed by atoms with Gasteiger partial charge in [-0.05, 0) is 31.5 Å². The molecule has 90 valence electrons. The number of thiazole rings is 1. The Balaban J connectivity index is 2.04. The maximum Gasteiger partial charge on any atom is 0.123 e. The smallest absolute Gasteiger partial charge is 0.123 e. The summed E-state index contributed by atoms with van der Waals surface area (Å²) in [5, 5.41) is 6.41. The second-order valence-electron chi connectivity index (χ2n) is 4.04. The molecule has 0 fully saturated rings. The molecule has 0 aliphatic rings. The van der Waals surface area contributed by atoms with Gasteiger partial charge in [-0.3, -0.25) is 0 Å². The Morgan fingerprint density at radius 1 is 1.29 bits per heavy atom. The van der Waals surface area contributed by atoms with Gasteiger partial charge in [-0.15, -0.1) is 11.3 Å². The Morgan fingerprint density at radius 3 is 2.76 bits per heavy atom. The molecule has 0 spiro atoms. The van der Waals surface area contributed by atoms with Crippen molar-refractivity contribution in [2.75, 3.05) is 0 Å². The van der Waals surface area contributed by atoms with Gasteiger partial charge in [0.05, 0.1) is 6.04 Å². The van der Waals surface area contributed by atoms with Crippen LogP contribution in [0.1, 0.15) is 36.5 Å². The zero-order valence-corrected chi connectivity index (χ0v) is 10.7. The van der Waals surface area contributed by atoms with E-state index in [-0.39, 0.29) is 17.9 Å². The van der Waals surface area contributed by atoms with Crippen LogP contribution in [-0.2, 0) is 0 Å². The van der Waals surface area contributed by atoms with Gasteiger partial charge in [0.2, 0.25) is 0 Å². The van der Waals surface area contributed by atoms with E-state index >= 15 is 0 Å². The predicted molar refractivity (Wildman–Crippen MR) is 68.5 cm³/mol.